The molecule has 0 aliphatic carbocycles. The van der Waals surface area contributed by atoms with Gasteiger partial charge in [0.2, 0.25) is 0 Å². The molecule has 2 heterocycles. The minimum atomic E-state index is -0.712. The minimum absolute atomic E-state index is 0.000519. The van der Waals surface area contributed by atoms with E-state index in [1.54, 1.807) is 50.2 Å². The van der Waals surface area contributed by atoms with E-state index in [2.05, 4.69) is 15.6 Å². The van der Waals surface area contributed by atoms with Crippen LogP contribution in [-0.4, -0.2) is 33.8 Å². The first-order valence-corrected chi connectivity index (χ1v) is 12.6. The predicted molar refractivity (Wildman–Crippen MR) is 143 cm³/mol. The predicted octanol–water partition coefficient (Wildman–Crippen LogP) is 5.10. The molecule has 0 saturated heterocycles. The summed E-state index contributed by atoms with van der Waals surface area (Å²) in [5, 5.41) is 5.98. The van der Waals surface area contributed by atoms with Gasteiger partial charge in [0.05, 0.1) is 12.2 Å². The van der Waals surface area contributed by atoms with Crippen LogP contribution in [0.4, 0.5) is 11.4 Å². The van der Waals surface area contributed by atoms with Gasteiger partial charge in [-0.05, 0) is 62.2 Å². The molecule has 4 aromatic rings. The van der Waals surface area contributed by atoms with Crippen molar-refractivity contribution >= 4 is 57.1 Å². The van der Waals surface area contributed by atoms with Crippen molar-refractivity contribution in [2.75, 3.05) is 17.2 Å². The van der Waals surface area contributed by atoms with Crippen LogP contribution in [0.5, 0.6) is 0 Å². The van der Waals surface area contributed by atoms with E-state index < -0.39 is 23.3 Å². The zero-order chi connectivity index (χ0) is 26.7. The summed E-state index contributed by atoms with van der Waals surface area (Å²) in [5.74, 6) is -1.82. The lowest BCUT2D eigenvalue weighted by atomic mass is 10.2. The highest BCUT2D eigenvalue weighted by Gasteiger charge is 2.27. The number of aromatic nitrogens is 2. The van der Waals surface area contributed by atoms with Crippen molar-refractivity contribution in [3.63, 3.8) is 0 Å². The molecule has 0 aliphatic rings. The first-order chi connectivity index (χ1) is 17.7. The summed E-state index contributed by atoms with van der Waals surface area (Å²) in [7, 11) is 0. The molecule has 190 valence electrons. The molecule has 4 rings (SSSR count). The number of halogens is 1. The number of hydrogen-bond donors (Lipinski definition) is 2. The Morgan fingerprint density at radius 1 is 1.05 bits per heavy atom. The van der Waals surface area contributed by atoms with Gasteiger partial charge < -0.3 is 15.4 Å². The van der Waals surface area contributed by atoms with Crippen LogP contribution in [0, 0.1) is 13.8 Å². The Bertz CT molecular complexity index is 1590. The molecule has 9 nitrogen and oxygen atoms in total. The van der Waals surface area contributed by atoms with Gasteiger partial charge in [-0.1, -0.05) is 35.9 Å². The quantitative estimate of drug-likeness (QED) is 0.316. The van der Waals surface area contributed by atoms with Gasteiger partial charge >= 0.3 is 5.97 Å². The third kappa shape index (κ3) is 5.71. The van der Waals surface area contributed by atoms with Gasteiger partial charge in [0.15, 0.2) is 4.96 Å². The third-order valence-corrected chi connectivity index (χ3v) is 6.57. The fraction of sp³-hybridized carbons (Fsp3) is 0.192. The van der Waals surface area contributed by atoms with Crippen molar-refractivity contribution in [3.05, 3.63) is 91.3 Å². The number of anilines is 2. The number of benzene rings is 2. The van der Waals surface area contributed by atoms with E-state index in [1.807, 2.05) is 6.92 Å². The van der Waals surface area contributed by atoms with Gasteiger partial charge in [0.25, 0.3) is 17.4 Å². The van der Waals surface area contributed by atoms with Crippen LogP contribution in [0.2, 0.25) is 5.02 Å². The van der Waals surface area contributed by atoms with Crippen LogP contribution in [0.15, 0.2) is 53.3 Å². The van der Waals surface area contributed by atoms with Crippen LogP contribution >= 0.6 is 22.9 Å². The molecule has 2 aromatic heterocycles. The highest BCUT2D eigenvalue weighted by Crippen LogP contribution is 2.26. The van der Waals surface area contributed by atoms with Gasteiger partial charge in [0, 0.05) is 28.2 Å². The average molecular weight is 539 g/mol. The Kier molecular flexibility index (Phi) is 7.70. The Hall–Kier alpha value is -4.02. The molecule has 2 aromatic carbocycles. The standard InChI is InChI=1S/C26H23ClN4O5S/c1-4-10-36-25(35)16-6-5-7-18(13-16)29-23(33)21-22(37-26-28-15(3)12-20(32)31(21)26)24(34)30-19-9-8-17(27)11-14(19)2/h5-9,11-13H,4,10H2,1-3H3,(H,29,33)(H,30,34). The van der Waals surface area contributed by atoms with E-state index in [0.717, 1.165) is 21.3 Å². The Labute approximate surface area is 221 Å². The molecule has 0 saturated carbocycles. The minimum Gasteiger partial charge on any atom is -0.462 e. The largest absolute Gasteiger partial charge is 0.462 e. The topological polar surface area (TPSA) is 119 Å². The fourth-order valence-corrected chi connectivity index (χ4v) is 4.88. The number of ether oxygens (including phenoxy) is 1. The molecule has 37 heavy (non-hydrogen) atoms. The lowest BCUT2D eigenvalue weighted by Gasteiger charge is -2.10. The zero-order valence-corrected chi connectivity index (χ0v) is 21.8. The number of rotatable bonds is 7. The Balaban J connectivity index is 1.72. The van der Waals surface area contributed by atoms with Crippen LogP contribution in [0.25, 0.3) is 4.96 Å². The third-order valence-electron chi connectivity index (χ3n) is 5.30. The SMILES string of the molecule is CCCOC(=O)c1cccc(NC(=O)c2c(C(=O)Nc3ccc(Cl)cc3C)sc3nc(C)cc(=O)n23)c1. The fourth-order valence-electron chi connectivity index (χ4n) is 3.58. The number of carbonyl (C=O) groups is 3. The lowest BCUT2D eigenvalue weighted by Crippen LogP contribution is -2.25. The first kappa shape index (κ1) is 26.1. The second-order valence-corrected chi connectivity index (χ2v) is 9.63. The van der Waals surface area contributed by atoms with Crippen molar-refractivity contribution in [1.29, 1.82) is 0 Å². The van der Waals surface area contributed by atoms with Crippen LogP contribution in [0.1, 0.15) is 55.1 Å². The number of thiazole rings is 1. The summed E-state index contributed by atoms with van der Waals surface area (Å²) in [4.78, 5) is 56.4. The van der Waals surface area contributed by atoms with Crippen LogP contribution in [-0.2, 0) is 4.74 Å². The van der Waals surface area contributed by atoms with Gasteiger partial charge in [0.1, 0.15) is 10.6 Å². The average Bonchev–Trinajstić information content (AvgIpc) is 3.24. The molecule has 11 heteroatoms. The molecule has 0 spiro atoms. The Morgan fingerprint density at radius 2 is 1.84 bits per heavy atom. The van der Waals surface area contributed by atoms with E-state index in [9.17, 15) is 19.2 Å². The maximum absolute atomic E-state index is 13.5. The zero-order valence-electron chi connectivity index (χ0n) is 20.3. The van der Waals surface area contributed by atoms with E-state index in [-0.39, 0.29) is 27.7 Å². The van der Waals surface area contributed by atoms with Crippen molar-refractivity contribution in [3.8, 4) is 0 Å². The van der Waals surface area contributed by atoms with Crippen molar-refractivity contribution < 1.29 is 19.1 Å². The summed E-state index contributed by atoms with van der Waals surface area (Å²) >= 11 is 6.94. The van der Waals surface area contributed by atoms with Crippen molar-refractivity contribution in [2.24, 2.45) is 0 Å². The second-order valence-electron chi connectivity index (χ2n) is 8.22. The smallest absolute Gasteiger partial charge is 0.338 e. The Morgan fingerprint density at radius 3 is 2.57 bits per heavy atom. The summed E-state index contributed by atoms with van der Waals surface area (Å²) in [5.41, 5.74) is 1.58. The number of carbonyl (C=O) groups excluding carboxylic acids is 3. The molecule has 0 fully saturated rings. The number of aryl methyl sites for hydroxylation is 2. The molecule has 0 unspecified atom stereocenters. The van der Waals surface area contributed by atoms with E-state index in [0.29, 0.717) is 28.5 Å². The highest BCUT2D eigenvalue weighted by molar-refractivity contribution is 7.19. The monoisotopic (exact) mass is 538 g/mol. The molecule has 0 aliphatic heterocycles. The first-order valence-electron chi connectivity index (χ1n) is 11.4. The van der Waals surface area contributed by atoms with E-state index >= 15 is 0 Å². The normalized spacial score (nSPS) is 10.8. The molecule has 2 N–H and O–H groups in total. The van der Waals surface area contributed by atoms with E-state index in [4.69, 9.17) is 16.3 Å². The number of fused-ring (bicyclic) bond motifs is 1. The van der Waals surface area contributed by atoms with Gasteiger partial charge in [-0.25, -0.2) is 14.2 Å². The van der Waals surface area contributed by atoms with E-state index in [1.165, 1.54) is 12.1 Å². The maximum atomic E-state index is 13.5. The number of nitrogens with zero attached hydrogens (tertiary/aromatic N) is 2. The molecule has 0 bridgehead atoms. The molecule has 0 atom stereocenters. The summed E-state index contributed by atoms with van der Waals surface area (Å²) in [6.07, 6.45) is 0.677. The molecule has 0 radical (unpaired) electrons. The number of hydrogen-bond acceptors (Lipinski definition) is 7. The van der Waals surface area contributed by atoms with Gasteiger partial charge in [-0.3, -0.25) is 14.4 Å². The molecular formula is C26H23ClN4O5S. The van der Waals surface area contributed by atoms with Crippen molar-refractivity contribution in [2.45, 2.75) is 27.2 Å². The maximum Gasteiger partial charge on any atom is 0.338 e. The van der Waals surface area contributed by atoms with Crippen molar-refractivity contribution in [1.82, 2.24) is 9.38 Å². The lowest BCUT2D eigenvalue weighted by molar-refractivity contribution is 0.0505. The second kappa shape index (κ2) is 10.9. The van der Waals surface area contributed by atoms with Crippen LogP contribution in [0.3, 0.4) is 0 Å². The van der Waals surface area contributed by atoms with Gasteiger partial charge in [-0.15, -0.1) is 0 Å². The molecule has 2 amide bonds. The number of nitrogens with one attached hydrogen (secondary N) is 2. The molecular weight excluding hydrogens is 516 g/mol. The number of amides is 2. The van der Waals surface area contributed by atoms with Crippen LogP contribution < -0.4 is 16.2 Å². The summed E-state index contributed by atoms with van der Waals surface area (Å²) in [6.45, 7) is 5.60. The summed E-state index contributed by atoms with van der Waals surface area (Å²) in [6, 6.07) is 12.5. The number of esters is 1. The highest BCUT2D eigenvalue weighted by atomic mass is 35.5. The summed E-state index contributed by atoms with van der Waals surface area (Å²) < 4.78 is 6.26. The van der Waals surface area contributed by atoms with Gasteiger partial charge in [-0.2, -0.15) is 0 Å².